The molecular formula is C35H42N15O26P4-3. The highest BCUT2D eigenvalue weighted by atomic mass is 31.3. The van der Waals surface area contributed by atoms with Gasteiger partial charge in [-0.15, -0.1) is 0 Å². The van der Waals surface area contributed by atoms with Crippen molar-refractivity contribution in [1.29, 1.82) is 0 Å². The maximum Gasteiger partial charge on any atom is 0.313 e. The number of esters is 2. The fourth-order valence-electron chi connectivity index (χ4n) is 8.63. The quantitative estimate of drug-likeness (QED) is 0.0200. The van der Waals surface area contributed by atoms with Gasteiger partial charge < -0.3 is 93.9 Å². The Morgan fingerprint density at radius 3 is 1.86 bits per heavy atom. The number of imidazole rings is 3. The van der Waals surface area contributed by atoms with Crippen LogP contribution >= 0.6 is 31.3 Å². The van der Waals surface area contributed by atoms with Crippen molar-refractivity contribution in [2.75, 3.05) is 37.0 Å². The average Bonchev–Trinajstić information content (AvgIpc) is 4.23. The molecule has 6 aromatic rings. The molecule has 41 nitrogen and oxygen atoms in total. The van der Waals surface area contributed by atoms with E-state index in [1.165, 1.54) is 17.9 Å². The summed E-state index contributed by atoms with van der Waals surface area (Å²) in [5.74, 6) is -3.01. The van der Waals surface area contributed by atoms with Crippen LogP contribution in [0.2, 0.25) is 0 Å². The van der Waals surface area contributed by atoms with Crippen molar-refractivity contribution in [2.45, 2.75) is 87.5 Å². The smallest absolute Gasteiger partial charge is 0.313 e. The summed E-state index contributed by atoms with van der Waals surface area (Å²) in [6.45, 7) is -2.16. The highest BCUT2D eigenvalue weighted by Crippen LogP contribution is 2.63. The summed E-state index contributed by atoms with van der Waals surface area (Å²) in [5.41, 5.74) is 14.8. The summed E-state index contributed by atoms with van der Waals surface area (Å²) in [6, 6.07) is 0. The van der Waals surface area contributed by atoms with Crippen molar-refractivity contribution in [3.05, 3.63) is 46.0 Å². The Balaban J connectivity index is 0.896. The van der Waals surface area contributed by atoms with Crippen LogP contribution in [-0.2, 0) is 85.3 Å². The van der Waals surface area contributed by atoms with Crippen molar-refractivity contribution in [3.8, 4) is 0 Å². The van der Waals surface area contributed by atoms with Gasteiger partial charge >= 0.3 is 17.6 Å². The molecule has 80 heavy (non-hydrogen) atoms. The summed E-state index contributed by atoms with van der Waals surface area (Å²) < 4.78 is 112. The van der Waals surface area contributed by atoms with E-state index >= 15 is 0 Å². The predicted molar refractivity (Wildman–Crippen MR) is 244 cm³/mol. The van der Waals surface area contributed by atoms with Gasteiger partial charge in [-0.1, -0.05) is 4.98 Å². The van der Waals surface area contributed by atoms with Gasteiger partial charge in [0.15, 0.2) is 53.6 Å². The van der Waals surface area contributed by atoms with E-state index in [1.807, 2.05) is 0 Å². The van der Waals surface area contributed by atoms with Crippen LogP contribution in [0, 0.1) is 0 Å². The molecule has 16 atom stereocenters. The molecule has 9 heterocycles. The number of phosphoric acid groups is 4. The number of aryl methyl sites for hydroxylation is 1. The monoisotopic (exact) mass is 1210 g/mol. The number of carbonyl (C=O) groups excluding carboxylic acids is 2. The number of hydrogen-bond donors (Lipinski definition) is 8. The van der Waals surface area contributed by atoms with Crippen molar-refractivity contribution < 1.29 is 118 Å². The molecule has 0 aromatic carbocycles. The molecule has 11 N–H and O–H groups in total. The van der Waals surface area contributed by atoms with E-state index < -0.39 is 148 Å². The molecule has 6 aromatic heterocycles. The number of carbonyl (C=O) groups is 2. The van der Waals surface area contributed by atoms with Crippen LogP contribution in [0.15, 0.2) is 34.9 Å². The van der Waals surface area contributed by atoms with Crippen molar-refractivity contribution in [3.63, 3.8) is 0 Å². The second-order valence-corrected chi connectivity index (χ2v) is 23.2. The third kappa shape index (κ3) is 12.1. The molecule has 3 fully saturated rings. The van der Waals surface area contributed by atoms with E-state index in [2.05, 4.69) is 57.5 Å². The van der Waals surface area contributed by atoms with Gasteiger partial charge in [-0.3, -0.25) is 61.1 Å². The number of nitrogens with zero attached hydrogens (tertiary/aromatic N) is 10. The Bertz CT molecular complexity index is 3710. The van der Waals surface area contributed by atoms with Gasteiger partial charge in [-0.25, -0.2) is 33.1 Å². The zero-order valence-electron chi connectivity index (χ0n) is 40.6. The number of fused-ring (bicyclic) bond motifs is 3. The summed E-state index contributed by atoms with van der Waals surface area (Å²) in [5, 5.41) is 32.7. The lowest BCUT2D eigenvalue weighted by Gasteiger charge is -2.35. The molecule has 16 unspecified atom stereocenters. The maximum atomic E-state index is 13.8. The zero-order chi connectivity index (χ0) is 58.1. The molecule has 0 aliphatic carbocycles. The van der Waals surface area contributed by atoms with Crippen molar-refractivity contribution >= 4 is 94.4 Å². The first-order chi connectivity index (χ1) is 37.4. The highest BCUT2D eigenvalue weighted by Gasteiger charge is 2.53. The number of aliphatic hydroxyl groups is 3. The molecule has 0 radical (unpaired) electrons. The fraction of sp³-hybridized carbons (Fsp3) is 0.514. The number of aromatic nitrogens is 12. The van der Waals surface area contributed by atoms with Crippen LogP contribution in [0.4, 0.5) is 17.7 Å². The number of nitrogens with two attached hydrogens (primary N) is 3. The molecule has 0 bridgehead atoms. The van der Waals surface area contributed by atoms with E-state index in [1.54, 1.807) is 0 Å². The van der Waals surface area contributed by atoms with Gasteiger partial charge in [0.05, 0.1) is 39.5 Å². The number of hydrogen-bond acceptors (Lipinski definition) is 35. The minimum atomic E-state index is -6.66. The second-order valence-electron chi connectivity index (χ2n) is 17.3. The van der Waals surface area contributed by atoms with Crippen molar-refractivity contribution in [2.24, 2.45) is 7.05 Å². The van der Waals surface area contributed by atoms with Gasteiger partial charge in [0.25, 0.3) is 48.4 Å². The molecule has 9 rings (SSSR count). The number of nitrogens with one attached hydrogen (secondary N) is 2. The number of H-pyrrole nitrogens is 2. The van der Waals surface area contributed by atoms with Gasteiger partial charge in [-0.05, 0) is 0 Å². The van der Waals surface area contributed by atoms with Gasteiger partial charge in [0.1, 0.15) is 54.6 Å². The molecule has 3 saturated heterocycles. The molecule has 0 spiro atoms. The average molecular weight is 1210 g/mol. The lowest BCUT2D eigenvalue weighted by Crippen LogP contribution is -2.46. The molecule has 0 saturated carbocycles. The number of rotatable bonds is 20. The van der Waals surface area contributed by atoms with E-state index in [9.17, 15) is 72.3 Å². The molecule has 0 amide bonds. The standard InChI is InChI=1S/C35H45N15O26P4/c1-11(51)69-23-20(54)14(72-32(23)49-9-42-17-27(49)43-34(37)45-29(17)56)5-66-77(58,59)74-22-15(73-33(24(22)70-12(2)52)48-8-41-16-25(36)39-7-40-26(16)48)6-68-79(62,63)76-80(64,65)75-78(60,61)67-4-13-19(53)21(55)31(71-13)50-10-47(3)18-28(50)44-35(38)46-30(18)57/h7-10,13-15,19-24,31-33,53-55H,4-6H2,1-3H3,(H11-,36,37,38,39,40,43,44,45,46,56,57,58,59,60,61,62,63,64,65)/p-3. The Hall–Kier alpha value is -6.13. The molecule has 3 aliphatic heterocycles. The largest absolute Gasteiger partial charge is 0.756 e. The van der Waals surface area contributed by atoms with Gasteiger partial charge in [0, 0.05) is 13.8 Å². The first-order valence-corrected chi connectivity index (χ1v) is 28.3. The van der Waals surface area contributed by atoms with E-state index in [-0.39, 0.29) is 51.2 Å². The number of anilines is 3. The van der Waals surface area contributed by atoms with Crippen molar-refractivity contribution in [1.82, 2.24) is 53.6 Å². The topological polar surface area (TPSA) is 597 Å². The zero-order valence-corrected chi connectivity index (χ0v) is 44.2. The van der Waals surface area contributed by atoms with E-state index in [4.69, 9.17) is 49.9 Å². The number of ether oxygens (including phenoxy) is 5. The number of aliphatic hydroxyl groups excluding tert-OH is 3. The summed E-state index contributed by atoms with van der Waals surface area (Å²) in [7, 11) is -23.9. The van der Waals surface area contributed by atoms with Crippen LogP contribution in [-0.4, -0.2) is 156 Å². The Kier molecular flexibility index (Phi) is 16.1. The Morgan fingerprint density at radius 1 is 0.675 bits per heavy atom. The first-order valence-electron chi connectivity index (χ1n) is 22.5. The summed E-state index contributed by atoms with van der Waals surface area (Å²) in [4.78, 5) is 130. The van der Waals surface area contributed by atoms with Crippen LogP contribution in [0.1, 0.15) is 32.5 Å². The van der Waals surface area contributed by atoms with Crippen LogP contribution in [0.5, 0.6) is 0 Å². The van der Waals surface area contributed by atoms with Crippen LogP contribution < -0.4 is 52.5 Å². The normalized spacial score (nSPS) is 29.1. The number of nitrogen functional groups attached to an aromatic ring is 3. The minimum absolute atomic E-state index is 0.0645. The lowest BCUT2D eigenvalue weighted by atomic mass is 10.1. The SMILES string of the molecule is CC(=O)OC1C(O)C(COP(=O)([O-])OC2C(COP(=O)([O-])OP(=O)([O-])OP(=O)([O-])OCC3OC([n+]4cn(C)c5c(=O)[nH]c(N)nc54)C(O)C3O)OC(n3cnc4c(N)ncnc43)C2OC(C)=O)OC1n1cnc2c(=O)[nH]c(N)nc21. The summed E-state index contributed by atoms with van der Waals surface area (Å²) >= 11 is 0. The van der Waals surface area contributed by atoms with Gasteiger partial charge in [0.2, 0.25) is 17.7 Å². The molecule has 436 valence electrons. The number of phosphoric ester groups is 3. The number of aromatic amines is 2. The third-order valence-electron chi connectivity index (χ3n) is 11.8. The molecule has 3 aliphatic rings. The Morgan fingerprint density at radius 2 is 1.21 bits per heavy atom. The summed E-state index contributed by atoms with van der Waals surface area (Å²) in [6.07, 6.45) is -18.1. The third-order valence-corrected chi connectivity index (χ3v) is 16.9. The van der Waals surface area contributed by atoms with E-state index in [0.717, 1.165) is 46.5 Å². The van der Waals surface area contributed by atoms with E-state index in [0.29, 0.717) is 0 Å². The Labute approximate surface area is 442 Å². The minimum Gasteiger partial charge on any atom is -0.756 e. The fourth-order valence-corrected chi connectivity index (χ4v) is 13.0. The molecular weight excluding hydrogens is 1170 g/mol. The first kappa shape index (κ1) is 58.5. The maximum absolute atomic E-state index is 13.8. The van der Waals surface area contributed by atoms with Gasteiger partial charge in [-0.2, -0.15) is 4.98 Å². The second kappa shape index (κ2) is 22.0. The van der Waals surface area contributed by atoms with Crippen LogP contribution in [0.3, 0.4) is 0 Å². The molecule has 45 heteroatoms. The predicted octanol–water partition coefficient (Wildman–Crippen LogP) is -6.75. The highest BCUT2D eigenvalue weighted by molar-refractivity contribution is 7.65. The lowest BCUT2D eigenvalue weighted by molar-refractivity contribution is -0.745. The van der Waals surface area contributed by atoms with Crippen LogP contribution in [0.25, 0.3) is 33.5 Å².